The fraction of sp³-hybridized carbons (Fsp3) is 0.750. The molecule has 0 aromatic carbocycles. The van der Waals surface area contributed by atoms with Crippen molar-refractivity contribution in [2.75, 3.05) is 6.61 Å². The molecule has 0 spiro atoms. The third kappa shape index (κ3) is 7.90. The third-order valence-corrected chi connectivity index (χ3v) is 6.52. The van der Waals surface area contributed by atoms with E-state index in [9.17, 15) is 14.7 Å². The standard InChI is InChI=1S/C24H38O4/c1-3-15-28-24(27)10-8-6-5-7-9-22-19(12-14-23(22)26)11-13-21(25)17-20-16-18(20)4-2/h3,8,10,18-22,25H,1,4-7,9,11-17H2,2H3/t18-,19-,20-,21?,22+/m0/s1. The zero-order valence-corrected chi connectivity index (χ0v) is 17.5. The Morgan fingerprint density at radius 1 is 1.29 bits per heavy atom. The number of ketones is 1. The Bertz CT molecular complexity index is 539. The summed E-state index contributed by atoms with van der Waals surface area (Å²) < 4.78 is 4.88. The van der Waals surface area contributed by atoms with Crippen molar-refractivity contribution in [2.45, 2.75) is 83.7 Å². The Morgan fingerprint density at radius 3 is 2.82 bits per heavy atom. The van der Waals surface area contributed by atoms with Crippen LogP contribution < -0.4 is 0 Å². The highest BCUT2D eigenvalue weighted by atomic mass is 16.5. The number of hydrogen-bond acceptors (Lipinski definition) is 4. The van der Waals surface area contributed by atoms with E-state index < -0.39 is 0 Å². The molecule has 4 nitrogen and oxygen atoms in total. The molecule has 0 amide bonds. The number of unbranched alkanes of at least 4 members (excludes halogenated alkanes) is 2. The van der Waals surface area contributed by atoms with Crippen molar-refractivity contribution in [3.63, 3.8) is 0 Å². The van der Waals surface area contributed by atoms with E-state index in [2.05, 4.69) is 13.5 Å². The summed E-state index contributed by atoms with van der Waals surface area (Å²) in [5.41, 5.74) is 0. The van der Waals surface area contributed by atoms with E-state index >= 15 is 0 Å². The number of esters is 1. The van der Waals surface area contributed by atoms with Gasteiger partial charge in [0.15, 0.2) is 0 Å². The van der Waals surface area contributed by atoms with Crippen LogP contribution in [0.4, 0.5) is 0 Å². The maximum atomic E-state index is 12.3. The second kappa shape index (κ2) is 12.2. The van der Waals surface area contributed by atoms with E-state index in [1.807, 2.05) is 6.08 Å². The number of aliphatic hydroxyl groups excluding tert-OH is 1. The Hall–Kier alpha value is -1.42. The number of rotatable bonds is 14. The Kier molecular flexibility index (Phi) is 9.97. The molecule has 1 N–H and O–H groups in total. The second-order valence-electron chi connectivity index (χ2n) is 8.61. The summed E-state index contributed by atoms with van der Waals surface area (Å²) >= 11 is 0. The second-order valence-corrected chi connectivity index (χ2v) is 8.61. The molecular formula is C24H38O4. The average molecular weight is 391 g/mol. The molecule has 2 saturated carbocycles. The van der Waals surface area contributed by atoms with Crippen molar-refractivity contribution in [3.8, 4) is 0 Å². The Morgan fingerprint density at radius 2 is 2.11 bits per heavy atom. The minimum Gasteiger partial charge on any atom is -0.458 e. The van der Waals surface area contributed by atoms with Crippen LogP contribution in [-0.2, 0) is 14.3 Å². The van der Waals surface area contributed by atoms with E-state index in [1.165, 1.54) is 18.9 Å². The number of carbonyl (C=O) groups is 2. The summed E-state index contributed by atoms with van der Waals surface area (Å²) in [4.78, 5) is 23.6. The number of allylic oxidation sites excluding steroid dienone is 1. The average Bonchev–Trinajstić information content (AvgIpc) is 3.34. The molecule has 0 aromatic rings. The molecule has 1 unspecified atom stereocenters. The Balaban J connectivity index is 1.60. The van der Waals surface area contributed by atoms with Crippen LogP contribution in [0.3, 0.4) is 0 Å². The molecule has 0 heterocycles. The van der Waals surface area contributed by atoms with Gasteiger partial charge in [0.2, 0.25) is 0 Å². The van der Waals surface area contributed by atoms with Crippen molar-refractivity contribution in [1.29, 1.82) is 0 Å². The van der Waals surface area contributed by atoms with Gasteiger partial charge in [-0.15, -0.1) is 0 Å². The molecule has 5 atom stereocenters. The largest absolute Gasteiger partial charge is 0.458 e. The molecule has 0 aliphatic heterocycles. The molecule has 2 aliphatic rings. The predicted molar refractivity (Wildman–Crippen MR) is 112 cm³/mol. The molecule has 0 saturated heterocycles. The molecule has 2 rings (SSSR count). The smallest absolute Gasteiger partial charge is 0.330 e. The lowest BCUT2D eigenvalue weighted by Crippen LogP contribution is -2.17. The van der Waals surface area contributed by atoms with Crippen LogP contribution in [0.25, 0.3) is 0 Å². The van der Waals surface area contributed by atoms with E-state index in [1.54, 1.807) is 6.08 Å². The molecule has 158 valence electrons. The summed E-state index contributed by atoms with van der Waals surface area (Å²) in [5, 5.41) is 10.3. The van der Waals surface area contributed by atoms with E-state index in [0.29, 0.717) is 18.1 Å². The summed E-state index contributed by atoms with van der Waals surface area (Å²) in [5.74, 6) is 2.29. The zero-order valence-electron chi connectivity index (χ0n) is 17.5. The number of hydrogen-bond donors (Lipinski definition) is 1. The van der Waals surface area contributed by atoms with Crippen LogP contribution in [-0.4, -0.2) is 29.6 Å². The van der Waals surface area contributed by atoms with Crippen molar-refractivity contribution < 1.29 is 19.4 Å². The first-order chi connectivity index (χ1) is 13.5. The van der Waals surface area contributed by atoms with Crippen LogP contribution in [0.1, 0.15) is 77.6 Å². The van der Waals surface area contributed by atoms with Gasteiger partial charge in [0.25, 0.3) is 0 Å². The first-order valence-electron chi connectivity index (χ1n) is 11.2. The van der Waals surface area contributed by atoms with Gasteiger partial charge in [-0.05, 0) is 69.1 Å². The lowest BCUT2D eigenvalue weighted by atomic mass is 9.86. The summed E-state index contributed by atoms with van der Waals surface area (Å²) in [6.07, 6.45) is 15.4. The monoisotopic (exact) mass is 390 g/mol. The molecule has 28 heavy (non-hydrogen) atoms. The number of ether oxygens (including phenoxy) is 1. The maximum Gasteiger partial charge on any atom is 0.330 e. The zero-order chi connectivity index (χ0) is 20.4. The van der Waals surface area contributed by atoms with Gasteiger partial charge in [0.1, 0.15) is 12.4 Å². The summed E-state index contributed by atoms with van der Waals surface area (Å²) in [6, 6.07) is 0. The topological polar surface area (TPSA) is 63.6 Å². The van der Waals surface area contributed by atoms with Crippen LogP contribution >= 0.6 is 0 Å². The van der Waals surface area contributed by atoms with Crippen molar-refractivity contribution in [3.05, 3.63) is 24.8 Å². The van der Waals surface area contributed by atoms with E-state index in [-0.39, 0.29) is 24.6 Å². The predicted octanol–water partition coefficient (Wildman–Crippen LogP) is 5.00. The van der Waals surface area contributed by atoms with Gasteiger partial charge in [-0.1, -0.05) is 38.5 Å². The molecule has 2 aliphatic carbocycles. The van der Waals surface area contributed by atoms with Crippen molar-refractivity contribution in [1.82, 2.24) is 0 Å². The molecule has 0 radical (unpaired) electrons. The van der Waals surface area contributed by atoms with Gasteiger partial charge in [-0.2, -0.15) is 0 Å². The van der Waals surface area contributed by atoms with Gasteiger partial charge in [0, 0.05) is 18.4 Å². The van der Waals surface area contributed by atoms with Gasteiger partial charge < -0.3 is 9.84 Å². The van der Waals surface area contributed by atoms with Crippen LogP contribution in [0.15, 0.2) is 24.8 Å². The van der Waals surface area contributed by atoms with Gasteiger partial charge in [-0.3, -0.25) is 4.79 Å². The number of Topliss-reactive ketones (excluding diaryl/α,β-unsaturated/α-hetero) is 1. The number of aliphatic hydroxyl groups is 1. The quantitative estimate of drug-likeness (QED) is 0.196. The minimum absolute atomic E-state index is 0.179. The molecule has 0 bridgehead atoms. The fourth-order valence-corrected chi connectivity index (χ4v) is 4.69. The van der Waals surface area contributed by atoms with Crippen LogP contribution in [0, 0.1) is 23.7 Å². The van der Waals surface area contributed by atoms with Gasteiger partial charge in [0.05, 0.1) is 6.10 Å². The van der Waals surface area contributed by atoms with Gasteiger partial charge in [-0.25, -0.2) is 4.79 Å². The highest BCUT2D eigenvalue weighted by Gasteiger charge is 2.37. The molecule has 0 aromatic heterocycles. The first kappa shape index (κ1) is 22.9. The Labute approximate surface area is 170 Å². The lowest BCUT2D eigenvalue weighted by molar-refractivity contribution is -0.136. The number of carbonyl (C=O) groups excluding carboxylic acids is 2. The van der Waals surface area contributed by atoms with Crippen LogP contribution in [0.2, 0.25) is 0 Å². The highest BCUT2D eigenvalue weighted by Crippen LogP contribution is 2.45. The summed E-state index contributed by atoms with van der Waals surface area (Å²) in [7, 11) is 0. The SMILES string of the molecule is C=CCOC(=O)C=CCCCC[C@H]1C(=O)CC[C@@H]1CCC(O)C[C@@H]1C[C@@H]1CC. The van der Waals surface area contributed by atoms with Crippen molar-refractivity contribution in [2.24, 2.45) is 23.7 Å². The van der Waals surface area contributed by atoms with E-state index in [4.69, 9.17) is 4.74 Å². The third-order valence-electron chi connectivity index (χ3n) is 6.52. The minimum atomic E-state index is -0.332. The maximum absolute atomic E-state index is 12.3. The van der Waals surface area contributed by atoms with Crippen LogP contribution in [0.5, 0.6) is 0 Å². The molecule has 4 heteroatoms. The molecular weight excluding hydrogens is 352 g/mol. The lowest BCUT2D eigenvalue weighted by Gasteiger charge is -2.20. The van der Waals surface area contributed by atoms with Crippen molar-refractivity contribution >= 4 is 11.8 Å². The fourth-order valence-electron chi connectivity index (χ4n) is 4.69. The van der Waals surface area contributed by atoms with E-state index in [0.717, 1.165) is 63.2 Å². The molecule has 2 fully saturated rings. The normalized spacial score (nSPS) is 27.9. The van der Waals surface area contributed by atoms with Gasteiger partial charge >= 0.3 is 5.97 Å². The highest BCUT2D eigenvalue weighted by molar-refractivity contribution is 5.83. The first-order valence-corrected chi connectivity index (χ1v) is 11.2. The summed E-state index contributed by atoms with van der Waals surface area (Å²) in [6.45, 7) is 5.98.